The summed E-state index contributed by atoms with van der Waals surface area (Å²) in [6.45, 7) is 4.94. The van der Waals surface area contributed by atoms with Crippen LogP contribution in [-0.2, 0) is 11.8 Å². The Bertz CT molecular complexity index is 3730. The SMILES string of the molecule is CC1(C)c2ccccc2-c2cc(-c3c(Nc4cccc5c4sc4ccccc45)ccc4c3sc3ccccc34)c3c(c21)C1Cc2c(ccc4ccccc24)-c2cccc(c21)[B]3. The zero-order valence-corrected chi connectivity index (χ0v) is 35.4. The minimum absolute atomic E-state index is 0.171. The molecule has 0 saturated carbocycles. The normalized spacial score (nSPS) is 15.4. The maximum Gasteiger partial charge on any atom is 0.193 e. The van der Waals surface area contributed by atoms with Crippen LogP contribution in [0, 0.1) is 0 Å². The molecule has 1 N–H and O–H groups in total. The third kappa shape index (κ3) is 4.62. The van der Waals surface area contributed by atoms with Crippen LogP contribution in [0.4, 0.5) is 11.4 Å². The molecular formula is C57H37BNS2. The summed E-state index contributed by atoms with van der Waals surface area (Å²) in [5, 5.41) is 12.1. The monoisotopic (exact) mass is 810 g/mol. The van der Waals surface area contributed by atoms with Crippen molar-refractivity contribution in [3.8, 4) is 33.4 Å². The maximum atomic E-state index is 4.12. The second kappa shape index (κ2) is 12.3. The lowest BCUT2D eigenvalue weighted by atomic mass is 9.49. The smallest absolute Gasteiger partial charge is 0.193 e. The molecule has 0 fully saturated rings. The van der Waals surface area contributed by atoms with Gasteiger partial charge in [0, 0.05) is 58.2 Å². The van der Waals surface area contributed by atoms with E-state index in [0.29, 0.717) is 0 Å². The van der Waals surface area contributed by atoms with E-state index in [-0.39, 0.29) is 11.3 Å². The highest BCUT2D eigenvalue weighted by Gasteiger charge is 2.44. The van der Waals surface area contributed by atoms with Crippen LogP contribution >= 0.6 is 22.7 Å². The first-order valence-corrected chi connectivity index (χ1v) is 23.1. The van der Waals surface area contributed by atoms with Gasteiger partial charge in [0.25, 0.3) is 0 Å². The fourth-order valence-corrected chi connectivity index (χ4v) is 14.2. The van der Waals surface area contributed by atoms with E-state index in [1.165, 1.54) is 123 Å². The predicted molar refractivity (Wildman–Crippen MR) is 265 cm³/mol. The molecule has 0 spiro atoms. The van der Waals surface area contributed by atoms with E-state index >= 15 is 0 Å². The maximum absolute atomic E-state index is 4.12. The topological polar surface area (TPSA) is 12.0 Å². The van der Waals surface area contributed by atoms with Gasteiger partial charge in [0.05, 0.1) is 10.4 Å². The third-order valence-electron chi connectivity index (χ3n) is 14.3. The number of benzene rings is 9. The molecule has 2 aromatic heterocycles. The van der Waals surface area contributed by atoms with Gasteiger partial charge in [-0.05, 0) is 103 Å². The van der Waals surface area contributed by atoms with Crippen molar-refractivity contribution in [1.82, 2.24) is 0 Å². The Labute approximate surface area is 363 Å². The van der Waals surface area contributed by atoms with Gasteiger partial charge < -0.3 is 5.32 Å². The van der Waals surface area contributed by atoms with Crippen molar-refractivity contribution >= 4 is 103 Å². The lowest BCUT2D eigenvalue weighted by Gasteiger charge is -2.40. The van der Waals surface area contributed by atoms with Crippen LogP contribution in [0.15, 0.2) is 164 Å². The van der Waals surface area contributed by atoms with Crippen molar-refractivity contribution in [2.75, 3.05) is 5.32 Å². The predicted octanol–water partition coefficient (Wildman–Crippen LogP) is 14.6. The number of thiophene rings is 2. The molecule has 1 aliphatic heterocycles. The molecule has 4 heteroatoms. The molecule has 1 radical (unpaired) electrons. The number of nitrogens with one attached hydrogen (secondary N) is 1. The Morgan fingerprint density at radius 1 is 0.525 bits per heavy atom. The van der Waals surface area contributed by atoms with Crippen molar-refractivity contribution in [2.24, 2.45) is 0 Å². The van der Waals surface area contributed by atoms with Crippen molar-refractivity contribution in [2.45, 2.75) is 31.6 Å². The van der Waals surface area contributed by atoms with E-state index in [9.17, 15) is 0 Å². The largest absolute Gasteiger partial charge is 0.354 e. The van der Waals surface area contributed by atoms with Crippen LogP contribution in [0.3, 0.4) is 0 Å². The van der Waals surface area contributed by atoms with Crippen LogP contribution < -0.4 is 16.2 Å². The van der Waals surface area contributed by atoms with E-state index in [1.807, 2.05) is 22.7 Å². The van der Waals surface area contributed by atoms with Crippen LogP contribution in [0.1, 0.15) is 47.6 Å². The highest BCUT2D eigenvalue weighted by Crippen LogP contribution is 2.57. The summed E-state index contributed by atoms with van der Waals surface area (Å²) in [6, 6.07) is 61.8. The van der Waals surface area contributed by atoms with Gasteiger partial charge in [0.15, 0.2) is 7.28 Å². The molecule has 285 valence electrons. The zero-order valence-electron chi connectivity index (χ0n) is 33.8. The van der Waals surface area contributed by atoms with Gasteiger partial charge in [-0.15, -0.1) is 22.7 Å². The van der Waals surface area contributed by atoms with Gasteiger partial charge in [-0.3, -0.25) is 0 Å². The number of rotatable bonds is 3. The summed E-state index contributed by atoms with van der Waals surface area (Å²) in [6.07, 6.45) is 0.968. The Morgan fingerprint density at radius 3 is 2.07 bits per heavy atom. The van der Waals surface area contributed by atoms with Gasteiger partial charge in [0.2, 0.25) is 0 Å². The molecule has 1 nitrogen and oxygen atoms in total. The minimum Gasteiger partial charge on any atom is -0.354 e. The second-order valence-electron chi connectivity index (χ2n) is 17.7. The molecule has 9 aromatic carbocycles. The van der Waals surface area contributed by atoms with Crippen molar-refractivity contribution in [1.29, 1.82) is 0 Å². The number of fused-ring (bicyclic) bond motifs is 16. The molecule has 61 heavy (non-hydrogen) atoms. The van der Waals surface area contributed by atoms with Crippen LogP contribution in [0.2, 0.25) is 0 Å². The van der Waals surface area contributed by atoms with E-state index in [2.05, 4.69) is 190 Å². The average Bonchev–Trinajstić information content (AvgIpc) is 3.94. The molecule has 0 amide bonds. The molecule has 3 aliphatic rings. The van der Waals surface area contributed by atoms with Crippen molar-refractivity contribution < 1.29 is 0 Å². The van der Waals surface area contributed by atoms with Gasteiger partial charge >= 0.3 is 0 Å². The van der Waals surface area contributed by atoms with E-state index in [1.54, 1.807) is 0 Å². The molecule has 1 atom stereocenters. The number of anilines is 2. The van der Waals surface area contributed by atoms with Gasteiger partial charge in [-0.25, -0.2) is 0 Å². The summed E-state index contributed by atoms with van der Waals surface area (Å²) >= 11 is 3.81. The fraction of sp³-hybridized carbons (Fsp3) is 0.0877. The first kappa shape index (κ1) is 34.3. The number of hydrogen-bond acceptors (Lipinski definition) is 3. The third-order valence-corrected chi connectivity index (χ3v) is 16.7. The number of hydrogen-bond donors (Lipinski definition) is 1. The Kier molecular flexibility index (Phi) is 6.92. The van der Waals surface area contributed by atoms with E-state index in [0.717, 1.165) is 17.8 Å². The molecular weight excluding hydrogens is 774 g/mol. The van der Waals surface area contributed by atoms with E-state index in [4.69, 9.17) is 0 Å². The molecule has 0 saturated heterocycles. The van der Waals surface area contributed by atoms with Crippen LogP contribution in [-0.4, -0.2) is 7.28 Å². The molecule has 2 aliphatic carbocycles. The summed E-state index contributed by atoms with van der Waals surface area (Å²) in [4.78, 5) is 0. The molecule has 11 aromatic rings. The molecule has 1 unspecified atom stereocenters. The Balaban J connectivity index is 1.10. The zero-order chi connectivity index (χ0) is 40.1. The summed E-state index contributed by atoms with van der Waals surface area (Å²) in [5.74, 6) is 0.206. The highest BCUT2D eigenvalue weighted by atomic mass is 32.1. The fourth-order valence-electron chi connectivity index (χ4n) is 11.7. The van der Waals surface area contributed by atoms with Crippen molar-refractivity contribution in [3.63, 3.8) is 0 Å². The summed E-state index contributed by atoms with van der Waals surface area (Å²) in [5.41, 5.74) is 20.3. The van der Waals surface area contributed by atoms with Crippen molar-refractivity contribution in [3.05, 3.63) is 192 Å². The molecule has 14 rings (SSSR count). The Hall–Kier alpha value is -6.46. The highest BCUT2D eigenvalue weighted by molar-refractivity contribution is 7.27. The second-order valence-corrected chi connectivity index (χ2v) is 19.8. The lowest BCUT2D eigenvalue weighted by Crippen LogP contribution is -2.44. The first-order valence-electron chi connectivity index (χ1n) is 21.4. The standard InChI is InChI=1S/C57H37BNS2/c1-57(2)44-20-8-5-15-34(44)41-30-43(54-52(53(41)57)42-29-40-32-14-4-3-13-31(32)25-26-33(40)37-18-11-21-45(58-54)50(37)42)51-46(28-27-39-36-17-7-10-24-49(36)61-56(39)51)59-47-22-12-19-38-35-16-6-9-23-48(35)60-55(38)47/h3-28,30,42,59H,29H2,1-2H3. The van der Waals surface area contributed by atoms with E-state index < -0.39 is 0 Å². The average molecular weight is 811 g/mol. The van der Waals surface area contributed by atoms with Gasteiger partial charge in [0.1, 0.15) is 0 Å². The minimum atomic E-state index is -0.171. The Morgan fingerprint density at radius 2 is 1.21 bits per heavy atom. The quantitative estimate of drug-likeness (QED) is 0.175. The van der Waals surface area contributed by atoms with Gasteiger partial charge in [-0.2, -0.15) is 0 Å². The van der Waals surface area contributed by atoms with Crippen LogP contribution in [0.25, 0.3) is 84.5 Å². The molecule has 0 bridgehead atoms. The lowest BCUT2D eigenvalue weighted by molar-refractivity contribution is 0.641. The van der Waals surface area contributed by atoms with Gasteiger partial charge in [-0.1, -0.05) is 158 Å². The molecule has 3 heterocycles. The van der Waals surface area contributed by atoms with Crippen LogP contribution in [0.5, 0.6) is 0 Å². The summed E-state index contributed by atoms with van der Waals surface area (Å²) in [7, 11) is 2.56. The summed E-state index contributed by atoms with van der Waals surface area (Å²) < 4.78 is 5.25. The first-order chi connectivity index (χ1) is 30.0.